The van der Waals surface area contributed by atoms with Crippen LogP contribution in [0.1, 0.15) is 303 Å². The van der Waals surface area contributed by atoms with Gasteiger partial charge in [-0.05, 0) is 19.3 Å². The zero-order chi connectivity index (χ0) is 49.2. The summed E-state index contributed by atoms with van der Waals surface area (Å²) in [4.78, 5) is 25.5. The number of nitrogens with zero attached hydrogens (tertiary/aromatic N) is 1. The van der Waals surface area contributed by atoms with Crippen molar-refractivity contribution in [1.82, 2.24) is 5.32 Å². The summed E-state index contributed by atoms with van der Waals surface area (Å²) in [6, 6.07) is -0.882. The van der Waals surface area contributed by atoms with Crippen molar-refractivity contribution in [3.8, 4) is 0 Å². The number of aliphatic hydroxyl groups is 1. The van der Waals surface area contributed by atoms with Gasteiger partial charge >= 0.3 is 0 Å². The number of aliphatic hydroxyl groups excluding tert-OH is 1. The molecule has 0 spiro atoms. The van der Waals surface area contributed by atoms with Crippen molar-refractivity contribution < 1.29 is 32.9 Å². The molecule has 8 nitrogen and oxygen atoms in total. The first kappa shape index (κ1) is 66.2. The molecule has 0 aliphatic rings. The third kappa shape index (κ3) is 52.9. The number of quaternary nitrogens is 1. The van der Waals surface area contributed by atoms with Crippen molar-refractivity contribution in [3.63, 3.8) is 0 Å². The fourth-order valence-corrected chi connectivity index (χ4v) is 9.82. The van der Waals surface area contributed by atoms with Gasteiger partial charge in [-0.1, -0.05) is 289 Å². The molecule has 0 saturated carbocycles. The highest BCUT2D eigenvalue weighted by atomic mass is 31.2. The summed E-state index contributed by atoms with van der Waals surface area (Å²) >= 11 is 0. The third-order valence-corrected chi connectivity index (χ3v) is 14.7. The summed E-state index contributed by atoms with van der Waals surface area (Å²) < 4.78 is 23.4. The molecule has 0 aromatic carbocycles. The van der Waals surface area contributed by atoms with Gasteiger partial charge in [0, 0.05) is 6.42 Å². The Hall–Kier alpha value is -0.760. The number of carbonyl (C=O) groups is 1. The highest BCUT2D eigenvalue weighted by Crippen LogP contribution is 2.38. The van der Waals surface area contributed by atoms with Crippen LogP contribution in [0, 0.1) is 0 Å². The van der Waals surface area contributed by atoms with E-state index in [0.717, 1.165) is 38.5 Å². The molecule has 1 amide bonds. The molecular formula is C58H117N2O6P. The fraction of sp³-hybridized carbons (Fsp3) is 0.948. The standard InChI is InChI=1S/C58H117N2O6P/c1-6-8-10-12-14-16-18-20-22-24-26-27-28-29-30-31-32-34-36-38-40-42-44-46-48-50-52-58(62)59-56(55-66-67(63,64)65-54-53-60(3,4)5)57(61)51-49-47-45-43-41-39-37-35-33-25-23-21-19-17-15-13-11-9-7-2/h49,51,56-57,61H,6-48,50,52-55H2,1-5H3,(H-,59,62,63,64)/b51-49+. The Bertz CT molecular complexity index is 1100. The van der Waals surface area contributed by atoms with Gasteiger partial charge in [0.2, 0.25) is 5.91 Å². The Balaban J connectivity index is 4.13. The summed E-state index contributed by atoms with van der Waals surface area (Å²) in [5.41, 5.74) is 0. The Morgan fingerprint density at radius 1 is 0.507 bits per heavy atom. The van der Waals surface area contributed by atoms with E-state index in [-0.39, 0.29) is 19.1 Å². The van der Waals surface area contributed by atoms with Crippen LogP contribution >= 0.6 is 7.82 Å². The minimum absolute atomic E-state index is 0.00271. The van der Waals surface area contributed by atoms with Gasteiger partial charge in [-0.15, -0.1) is 0 Å². The molecular weight excluding hydrogens is 852 g/mol. The Labute approximate surface area is 418 Å². The second-order valence-corrected chi connectivity index (χ2v) is 23.1. The average molecular weight is 970 g/mol. The lowest BCUT2D eigenvalue weighted by molar-refractivity contribution is -0.870. The van der Waals surface area contributed by atoms with E-state index >= 15 is 0 Å². The topological polar surface area (TPSA) is 108 Å². The van der Waals surface area contributed by atoms with Gasteiger partial charge in [-0.3, -0.25) is 9.36 Å². The molecule has 0 aliphatic carbocycles. The molecule has 3 unspecified atom stereocenters. The molecule has 0 saturated heterocycles. The zero-order valence-corrected chi connectivity index (χ0v) is 46.5. The van der Waals surface area contributed by atoms with Gasteiger partial charge in [0.1, 0.15) is 13.2 Å². The summed E-state index contributed by atoms with van der Waals surface area (Å²) in [5, 5.41) is 13.9. The number of amides is 1. The molecule has 3 atom stereocenters. The quantitative estimate of drug-likeness (QED) is 0.0272. The van der Waals surface area contributed by atoms with Crippen LogP contribution in [0.2, 0.25) is 0 Å². The van der Waals surface area contributed by atoms with E-state index in [4.69, 9.17) is 9.05 Å². The van der Waals surface area contributed by atoms with Crippen LogP contribution in [0.25, 0.3) is 0 Å². The molecule has 0 aromatic heterocycles. The molecule has 0 fully saturated rings. The molecule has 9 heteroatoms. The number of likely N-dealkylation sites (N-methyl/N-ethyl adjacent to an activating group) is 1. The number of rotatable bonds is 55. The number of phosphoric acid groups is 1. The maximum atomic E-state index is 13.0. The van der Waals surface area contributed by atoms with Gasteiger partial charge in [0.15, 0.2) is 0 Å². The maximum Gasteiger partial charge on any atom is 0.268 e. The van der Waals surface area contributed by atoms with Crippen LogP contribution in [0.15, 0.2) is 12.2 Å². The SMILES string of the molecule is CCCCCCCCCCCCCCCCCCC/C=C/C(O)C(COP(=O)([O-])OCC[N+](C)(C)C)NC(=O)CCCCCCCCCCCCCCCCCCCCCCCCCCCC. The number of unbranched alkanes of at least 4 members (excludes halogenated alkanes) is 42. The van der Waals surface area contributed by atoms with Crippen molar-refractivity contribution in [2.75, 3.05) is 40.9 Å². The largest absolute Gasteiger partial charge is 0.756 e. The van der Waals surface area contributed by atoms with Crippen LogP contribution in [0.5, 0.6) is 0 Å². The van der Waals surface area contributed by atoms with Crippen molar-refractivity contribution in [2.24, 2.45) is 0 Å². The summed E-state index contributed by atoms with van der Waals surface area (Å²) in [5.74, 6) is -0.190. The first-order valence-corrected chi connectivity index (χ1v) is 31.0. The molecule has 0 rings (SSSR count). The molecule has 400 valence electrons. The highest BCUT2D eigenvalue weighted by molar-refractivity contribution is 7.45. The van der Waals surface area contributed by atoms with Crippen molar-refractivity contribution >= 4 is 13.7 Å². The molecule has 0 aromatic rings. The van der Waals surface area contributed by atoms with Crippen molar-refractivity contribution in [1.29, 1.82) is 0 Å². The third-order valence-electron chi connectivity index (χ3n) is 13.7. The van der Waals surface area contributed by atoms with Crippen molar-refractivity contribution in [2.45, 2.75) is 315 Å². The van der Waals surface area contributed by atoms with E-state index < -0.39 is 20.0 Å². The molecule has 0 heterocycles. The fourth-order valence-electron chi connectivity index (χ4n) is 9.10. The zero-order valence-electron chi connectivity index (χ0n) is 45.6. The number of allylic oxidation sites excluding steroid dienone is 1. The lowest BCUT2D eigenvalue weighted by Crippen LogP contribution is -2.45. The summed E-state index contributed by atoms with van der Waals surface area (Å²) in [6.45, 7) is 4.70. The number of nitrogens with one attached hydrogen (secondary N) is 1. The maximum absolute atomic E-state index is 13.0. The smallest absolute Gasteiger partial charge is 0.268 e. The Kier molecular flexibility index (Phi) is 49.6. The van der Waals surface area contributed by atoms with Crippen molar-refractivity contribution in [3.05, 3.63) is 12.2 Å². The van der Waals surface area contributed by atoms with Gasteiger partial charge in [-0.2, -0.15) is 0 Å². The van der Waals surface area contributed by atoms with Crippen LogP contribution in [0.4, 0.5) is 0 Å². The van der Waals surface area contributed by atoms with E-state index in [9.17, 15) is 19.4 Å². The van der Waals surface area contributed by atoms with Crippen LogP contribution < -0.4 is 10.2 Å². The lowest BCUT2D eigenvalue weighted by atomic mass is 10.0. The molecule has 2 N–H and O–H groups in total. The predicted molar refractivity (Wildman–Crippen MR) is 289 cm³/mol. The minimum Gasteiger partial charge on any atom is -0.756 e. The number of phosphoric ester groups is 1. The molecule has 0 bridgehead atoms. The molecule has 67 heavy (non-hydrogen) atoms. The van der Waals surface area contributed by atoms with Gasteiger partial charge in [-0.25, -0.2) is 0 Å². The van der Waals surface area contributed by atoms with E-state index in [1.807, 2.05) is 27.2 Å². The normalized spacial score (nSPS) is 14.0. The predicted octanol–water partition coefficient (Wildman–Crippen LogP) is 17.2. The summed E-state index contributed by atoms with van der Waals surface area (Å²) in [6.07, 6.45) is 61.5. The number of hydrogen-bond donors (Lipinski definition) is 2. The van der Waals surface area contributed by atoms with Crippen LogP contribution in [-0.4, -0.2) is 68.5 Å². The van der Waals surface area contributed by atoms with E-state index in [1.165, 1.54) is 244 Å². The second-order valence-electron chi connectivity index (χ2n) is 21.7. The monoisotopic (exact) mass is 969 g/mol. The first-order chi connectivity index (χ1) is 32.5. The van der Waals surface area contributed by atoms with Crippen LogP contribution in [0.3, 0.4) is 0 Å². The van der Waals surface area contributed by atoms with E-state index in [2.05, 4.69) is 19.2 Å². The highest BCUT2D eigenvalue weighted by Gasteiger charge is 2.23. The van der Waals surface area contributed by atoms with E-state index in [0.29, 0.717) is 17.4 Å². The minimum atomic E-state index is -4.59. The van der Waals surface area contributed by atoms with Gasteiger partial charge in [0.25, 0.3) is 7.82 Å². The number of hydrogen-bond acceptors (Lipinski definition) is 6. The lowest BCUT2D eigenvalue weighted by Gasteiger charge is -2.29. The Morgan fingerprint density at radius 3 is 1.12 bits per heavy atom. The van der Waals surface area contributed by atoms with Gasteiger partial charge in [0.05, 0.1) is 39.9 Å². The van der Waals surface area contributed by atoms with E-state index in [1.54, 1.807) is 6.08 Å². The summed E-state index contributed by atoms with van der Waals surface area (Å²) in [7, 11) is 1.28. The molecule has 0 aliphatic heterocycles. The van der Waals surface area contributed by atoms with Gasteiger partial charge < -0.3 is 28.8 Å². The first-order valence-electron chi connectivity index (χ1n) is 29.6. The number of carbonyl (C=O) groups excluding carboxylic acids is 1. The second kappa shape index (κ2) is 50.2. The Morgan fingerprint density at radius 2 is 0.806 bits per heavy atom. The molecule has 0 radical (unpaired) electrons. The average Bonchev–Trinajstić information content (AvgIpc) is 3.29. The van der Waals surface area contributed by atoms with Crippen LogP contribution in [-0.2, 0) is 18.4 Å².